The second-order valence-corrected chi connectivity index (χ2v) is 5.90. The zero-order valence-electron chi connectivity index (χ0n) is 13.8. The summed E-state index contributed by atoms with van der Waals surface area (Å²) in [5.74, 6) is -0.145. The van der Waals surface area contributed by atoms with Crippen molar-refractivity contribution < 1.29 is 4.79 Å². The Labute approximate surface area is 133 Å². The van der Waals surface area contributed by atoms with Crippen LogP contribution >= 0.6 is 0 Å². The number of hydrazone groups is 1. The second-order valence-electron chi connectivity index (χ2n) is 5.90. The zero-order chi connectivity index (χ0) is 15.9. The minimum absolute atomic E-state index is 0.145. The van der Waals surface area contributed by atoms with E-state index in [0.717, 1.165) is 43.9 Å². The fraction of sp³-hybridized carbons (Fsp3) is 0.529. The van der Waals surface area contributed by atoms with Crippen molar-refractivity contribution in [3.05, 3.63) is 29.8 Å². The van der Waals surface area contributed by atoms with Crippen LogP contribution in [0.3, 0.4) is 0 Å². The van der Waals surface area contributed by atoms with Gasteiger partial charge in [-0.05, 0) is 37.2 Å². The highest BCUT2D eigenvalue weighted by Crippen LogP contribution is 2.12. The lowest BCUT2D eigenvalue weighted by Gasteiger charge is -2.26. The first-order chi connectivity index (χ1) is 10.6. The third-order valence-corrected chi connectivity index (χ3v) is 3.93. The molecule has 0 aromatic heterocycles. The van der Waals surface area contributed by atoms with Crippen LogP contribution < -0.4 is 10.3 Å². The number of hydrogen-bond donors (Lipinski definition) is 1. The van der Waals surface area contributed by atoms with E-state index in [2.05, 4.69) is 22.4 Å². The molecule has 22 heavy (non-hydrogen) atoms. The van der Waals surface area contributed by atoms with Gasteiger partial charge in [-0.15, -0.1) is 0 Å². The lowest BCUT2D eigenvalue weighted by Crippen LogP contribution is -2.35. The molecule has 0 spiro atoms. The number of amides is 1. The molecule has 0 saturated carbocycles. The highest BCUT2D eigenvalue weighted by Gasteiger charge is 2.14. The molecule has 0 unspecified atom stereocenters. The van der Waals surface area contributed by atoms with Gasteiger partial charge in [0.15, 0.2) is 0 Å². The summed E-state index contributed by atoms with van der Waals surface area (Å²) in [7, 11) is 3.96. The molecule has 0 atom stereocenters. The van der Waals surface area contributed by atoms with Crippen molar-refractivity contribution >= 4 is 17.3 Å². The van der Waals surface area contributed by atoms with Crippen molar-refractivity contribution in [2.24, 2.45) is 5.10 Å². The number of nitrogens with zero attached hydrogens (tertiary/aromatic N) is 3. The molecule has 1 aromatic carbocycles. The first-order valence-electron chi connectivity index (χ1n) is 7.95. The van der Waals surface area contributed by atoms with E-state index in [1.165, 1.54) is 6.42 Å². The molecular weight excluding hydrogens is 276 g/mol. The summed E-state index contributed by atoms with van der Waals surface area (Å²) >= 11 is 0. The highest BCUT2D eigenvalue weighted by molar-refractivity contribution is 5.95. The first-order valence-corrected chi connectivity index (χ1v) is 7.95. The van der Waals surface area contributed by atoms with Crippen LogP contribution in [0.4, 0.5) is 5.69 Å². The molecule has 1 saturated heterocycles. The predicted octanol–water partition coefficient (Wildman–Crippen LogP) is 2.34. The van der Waals surface area contributed by atoms with Crippen LogP contribution in [0, 0.1) is 0 Å². The smallest absolute Gasteiger partial charge is 0.271 e. The second kappa shape index (κ2) is 7.94. The van der Waals surface area contributed by atoms with Gasteiger partial charge in [-0.1, -0.05) is 6.92 Å². The van der Waals surface area contributed by atoms with Gasteiger partial charge in [0, 0.05) is 57.0 Å². The van der Waals surface area contributed by atoms with Crippen LogP contribution in [-0.4, -0.2) is 50.2 Å². The molecule has 0 bridgehead atoms. The van der Waals surface area contributed by atoms with Crippen LogP contribution in [0.5, 0.6) is 0 Å². The summed E-state index contributed by atoms with van der Waals surface area (Å²) in [6.07, 6.45) is 3.08. The van der Waals surface area contributed by atoms with Gasteiger partial charge in [-0.3, -0.25) is 4.79 Å². The summed E-state index contributed by atoms with van der Waals surface area (Å²) in [4.78, 5) is 16.5. The Morgan fingerprint density at radius 3 is 2.41 bits per heavy atom. The molecule has 2 rings (SSSR count). The Morgan fingerprint density at radius 1 is 1.23 bits per heavy atom. The maximum atomic E-state index is 12.1. The largest absolute Gasteiger partial charge is 0.378 e. The monoisotopic (exact) mass is 302 g/mol. The summed E-state index contributed by atoms with van der Waals surface area (Å²) in [5, 5.41) is 4.29. The van der Waals surface area contributed by atoms with Crippen molar-refractivity contribution in [3.8, 4) is 0 Å². The van der Waals surface area contributed by atoms with E-state index in [-0.39, 0.29) is 5.91 Å². The van der Waals surface area contributed by atoms with E-state index >= 15 is 0 Å². The molecule has 1 fully saturated rings. The number of anilines is 1. The van der Waals surface area contributed by atoms with Gasteiger partial charge in [0.2, 0.25) is 0 Å². The van der Waals surface area contributed by atoms with Crippen LogP contribution in [0.1, 0.15) is 36.5 Å². The number of rotatable bonds is 5. The van der Waals surface area contributed by atoms with Crippen molar-refractivity contribution in [3.63, 3.8) is 0 Å². The van der Waals surface area contributed by atoms with Gasteiger partial charge in [0.05, 0.1) is 0 Å². The van der Waals surface area contributed by atoms with E-state index in [9.17, 15) is 4.79 Å². The average Bonchev–Trinajstić information content (AvgIpc) is 2.54. The fourth-order valence-electron chi connectivity index (χ4n) is 2.57. The molecule has 5 nitrogen and oxygen atoms in total. The standard InChI is InChI=1S/C17H26N4O/c1-4-11-21-12-9-15(10-13-21)18-19-17(22)14-5-7-16(8-6-14)20(2)3/h5-8H,4,9-13H2,1-3H3,(H,19,22). The predicted molar refractivity (Wildman–Crippen MR) is 91.6 cm³/mol. The lowest BCUT2D eigenvalue weighted by atomic mass is 10.1. The summed E-state index contributed by atoms with van der Waals surface area (Å²) in [6, 6.07) is 7.53. The number of carbonyl (C=O) groups is 1. The van der Waals surface area contributed by atoms with Gasteiger partial charge in [-0.25, -0.2) is 5.43 Å². The molecule has 0 radical (unpaired) electrons. The van der Waals surface area contributed by atoms with E-state index in [0.29, 0.717) is 5.56 Å². The highest BCUT2D eigenvalue weighted by atomic mass is 16.2. The average molecular weight is 302 g/mol. The minimum Gasteiger partial charge on any atom is -0.378 e. The van der Waals surface area contributed by atoms with Crippen LogP contribution in [0.15, 0.2) is 29.4 Å². The number of carbonyl (C=O) groups excluding carboxylic acids is 1. The molecule has 1 heterocycles. The number of benzene rings is 1. The Kier molecular flexibility index (Phi) is 5.95. The number of piperidine rings is 1. The van der Waals surface area contributed by atoms with Crippen molar-refractivity contribution in [1.82, 2.24) is 10.3 Å². The number of hydrogen-bond acceptors (Lipinski definition) is 4. The third-order valence-electron chi connectivity index (χ3n) is 3.93. The van der Waals surface area contributed by atoms with Gasteiger partial charge < -0.3 is 9.80 Å². The molecule has 1 aromatic rings. The van der Waals surface area contributed by atoms with Gasteiger partial charge in [0.25, 0.3) is 5.91 Å². The van der Waals surface area contributed by atoms with E-state index in [1.54, 1.807) is 0 Å². The van der Waals surface area contributed by atoms with Crippen molar-refractivity contribution in [2.75, 3.05) is 38.6 Å². The maximum Gasteiger partial charge on any atom is 0.271 e. The molecule has 5 heteroatoms. The van der Waals surface area contributed by atoms with Crippen LogP contribution in [0.25, 0.3) is 0 Å². The topological polar surface area (TPSA) is 47.9 Å². The number of nitrogens with one attached hydrogen (secondary N) is 1. The van der Waals surface area contributed by atoms with Gasteiger partial charge in [0.1, 0.15) is 0 Å². The minimum atomic E-state index is -0.145. The lowest BCUT2D eigenvalue weighted by molar-refractivity contribution is 0.0954. The van der Waals surface area contributed by atoms with Crippen LogP contribution in [-0.2, 0) is 0 Å². The third kappa shape index (κ3) is 4.56. The Morgan fingerprint density at radius 2 is 1.86 bits per heavy atom. The van der Waals surface area contributed by atoms with E-state index < -0.39 is 0 Å². The Balaban J connectivity index is 1.86. The summed E-state index contributed by atoms with van der Waals surface area (Å²) in [6.45, 7) is 5.43. The molecule has 1 aliphatic heterocycles. The SMILES string of the molecule is CCCN1CCC(=NNC(=O)c2ccc(N(C)C)cc2)CC1. The quantitative estimate of drug-likeness (QED) is 0.849. The molecule has 1 aliphatic rings. The molecule has 1 N–H and O–H groups in total. The zero-order valence-corrected chi connectivity index (χ0v) is 13.8. The molecule has 120 valence electrons. The molecular formula is C17H26N4O. The fourth-order valence-corrected chi connectivity index (χ4v) is 2.57. The maximum absolute atomic E-state index is 12.1. The Hall–Kier alpha value is -1.88. The number of likely N-dealkylation sites (tertiary alicyclic amines) is 1. The summed E-state index contributed by atoms with van der Waals surface area (Å²) in [5.41, 5.74) is 5.48. The normalized spacial score (nSPS) is 15.5. The van der Waals surface area contributed by atoms with Crippen LogP contribution in [0.2, 0.25) is 0 Å². The first kappa shape index (κ1) is 16.5. The van der Waals surface area contributed by atoms with E-state index in [1.807, 2.05) is 43.3 Å². The van der Waals surface area contributed by atoms with Gasteiger partial charge in [-0.2, -0.15) is 5.10 Å². The Bertz CT molecular complexity index is 512. The molecule has 1 amide bonds. The summed E-state index contributed by atoms with van der Waals surface area (Å²) < 4.78 is 0. The van der Waals surface area contributed by atoms with Gasteiger partial charge >= 0.3 is 0 Å². The van der Waals surface area contributed by atoms with E-state index in [4.69, 9.17) is 0 Å². The van der Waals surface area contributed by atoms with Crippen molar-refractivity contribution in [1.29, 1.82) is 0 Å². The molecule has 0 aliphatic carbocycles. The van der Waals surface area contributed by atoms with Crippen molar-refractivity contribution in [2.45, 2.75) is 26.2 Å².